The molecular formula is C14H25IO2. The number of unbranched alkanes of at least 4 members (excludes halogenated alkanes) is 4. The molecule has 1 unspecified atom stereocenters. The molecule has 0 aliphatic carbocycles. The van der Waals surface area contributed by atoms with Crippen LogP contribution in [0.2, 0.25) is 0 Å². The lowest BCUT2D eigenvalue weighted by molar-refractivity contribution is -0.137. The van der Waals surface area contributed by atoms with Crippen molar-refractivity contribution in [2.24, 2.45) is 0 Å². The third kappa shape index (κ3) is 7.29. The molecule has 1 fully saturated rings. The molecule has 1 rings (SSSR count). The third-order valence-electron chi connectivity index (χ3n) is 2.98. The van der Waals surface area contributed by atoms with Gasteiger partial charge in [-0.05, 0) is 31.8 Å². The molecule has 0 amide bonds. The standard InChI is InChI=1S/C14H25IO2/c1-2-3-4-5-6-9-13(12-15)17-14-10-7-8-11-16-14/h9,14H,2-8,10-12H2,1H3. The average molecular weight is 352 g/mol. The van der Waals surface area contributed by atoms with E-state index in [1.807, 2.05) is 0 Å². The molecule has 2 nitrogen and oxygen atoms in total. The van der Waals surface area contributed by atoms with Gasteiger partial charge in [-0.25, -0.2) is 0 Å². The molecule has 100 valence electrons. The Balaban J connectivity index is 2.18. The number of halogens is 1. The fourth-order valence-electron chi connectivity index (χ4n) is 1.94. The first-order chi connectivity index (χ1) is 8.36. The second-order valence-corrected chi connectivity index (χ2v) is 5.33. The minimum Gasteiger partial charge on any atom is -0.469 e. The second kappa shape index (κ2) is 10.2. The van der Waals surface area contributed by atoms with E-state index < -0.39 is 0 Å². The first kappa shape index (κ1) is 15.3. The maximum atomic E-state index is 5.88. The Kier molecular flexibility index (Phi) is 9.16. The lowest BCUT2D eigenvalue weighted by Gasteiger charge is -2.24. The normalized spacial score (nSPS) is 21.5. The molecule has 0 aromatic heterocycles. The van der Waals surface area contributed by atoms with Gasteiger partial charge in [0, 0.05) is 6.42 Å². The molecule has 0 aromatic carbocycles. The summed E-state index contributed by atoms with van der Waals surface area (Å²) in [5.41, 5.74) is 0. The minimum atomic E-state index is 0.0143. The van der Waals surface area contributed by atoms with Crippen LogP contribution >= 0.6 is 22.6 Å². The van der Waals surface area contributed by atoms with Crippen LogP contribution in [0.15, 0.2) is 11.8 Å². The van der Waals surface area contributed by atoms with Gasteiger partial charge in [0.15, 0.2) is 6.29 Å². The van der Waals surface area contributed by atoms with Gasteiger partial charge in [0.1, 0.15) is 5.76 Å². The van der Waals surface area contributed by atoms with E-state index in [2.05, 4.69) is 35.6 Å². The van der Waals surface area contributed by atoms with E-state index in [9.17, 15) is 0 Å². The Hall–Kier alpha value is 0.230. The zero-order valence-electron chi connectivity index (χ0n) is 10.9. The molecule has 1 aliphatic heterocycles. The molecular weight excluding hydrogens is 327 g/mol. The predicted molar refractivity (Wildman–Crippen MR) is 80.4 cm³/mol. The van der Waals surface area contributed by atoms with Gasteiger partial charge in [0.05, 0.1) is 11.0 Å². The highest BCUT2D eigenvalue weighted by Gasteiger charge is 2.15. The third-order valence-corrected chi connectivity index (χ3v) is 3.73. The largest absolute Gasteiger partial charge is 0.469 e. The number of alkyl halides is 1. The molecule has 0 spiro atoms. The topological polar surface area (TPSA) is 18.5 Å². The molecule has 3 heteroatoms. The maximum absolute atomic E-state index is 5.88. The van der Waals surface area contributed by atoms with Crippen molar-refractivity contribution >= 4 is 22.6 Å². The van der Waals surface area contributed by atoms with Crippen LogP contribution < -0.4 is 0 Å². The number of hydrogen-bond acceptors (Lipinski definition) is 2. The van der Waals surface area contributed by atoms with E-state index in [0.717, 1.165) is 29.6 Å². The van der Waals surface area contributed by atoms with Gasteiger partial charge in [-0.1, -0.05) is 48.8 Å². The smallest absolute Gasteiger partial charge is 0.199 e. The molecule has 0 saturated carbocycles. The molecule has 1 heterocycles. The second-order valence-electron chi connectivity index (χ2n) is 4.57. The van der Waals surface area contributed by atoms with Crippen molar-refractivity contribution in [2.45, 2.75) is 64.6 Å². The Morgan fingerprint density at radius 3 is 2.88 bits per heavy atom. The summed E-state index contributed by atoms with van der Waals surface area (Å²) in [6.45, 7) is 3.10. The van der Waals surface area contributed by atoms with Crippen molar-refractivity contribution in [3.05, 3.63) is 11.8 Å². The van der Waals surface area contributed by atoms with Crippen LogP contribution in [0.1, 0.15) is 58.3 Å². The van der Waals surface area contributed by atoms with Crippen LogP contribution in [-0.2, 0) is 9.47 Å². The van der Waals surface area contributed by atoms with Crippen LogP contribution in [0.4, 0.5) is 0 Å². The fourth-order valence-corrected chi connectivity index (χ4v) is 2.43. The molecule has 1 aliphatic rings. The van der Waals surface area contributed by atoms with Crippen LogP contribution in [-0.4, -0.2) is 17.3 Å². The summed E-state index contributed by atoms with van der Waals surface area (Å²) in [5.74, 6) is 1.11. The highest BCUT2D eigenvalue weighted by Crippen LogP contribution is 2.18. The average Bonchev–Trinajstić information content (AvgIpc) is 2.38. The van der Waals surface area contributed by atoms with Crippen molar-refractivity contribution < 1.29 is 9.47 Å². The van der Waals surface area contributed by atoms with Crippen molar-refractivity contribution in [2.75, 3.05) is 11.0 Å². The van der Waals surface area contributed by atoms with Gasteiger partial charge in [-0.2, -0.15) is 0 Å². The van der Waals surface area contributed by atoms with Gasteiger partial charge in [0.2, 0.25) is 0 Å². The molecule has 0 radical (unpaired) electrons. The summed E-state index contributed by atoms with van der Waals surface area (Å²) < 4.78 is 12.4. The summed E-state index contributed by atoms with van der Waals surface area (Å²) >= 11 is 2.37. The number of allylic oxidation sites excluding steroid dienone is 2. The van der Waals surface area contributed by atoms with E-state index in [0.29, 0.717) is 0 Å². The molecule has 0 aromatic rings. The summed E-state index contributed by atoms with van der Waals surface area (Å²) in [5, 5.41) is 0. The Bertz CT molecular complexity index is 210. The van der Waals surface area contributed by atoms with Gasteiger partial charge < -0.3 is 9.47 Å². The first-order valence-corrected chi connectivity index (χ1v) is 8.42. The Morgan fingerprint density at radius 2 is 2.24 bits per heavy atom. The summed E-state index contributed by atoms with van der Waals surface area (Å²) in [6, 6.07) is 0. The quantitative estimate of drug-likeness (QED) is 0.270. The van der Waals surface area contributed by atoms with Gasteiger partial charge in [-0.3, -0.25) is 0 Å². The van der Waals surface area contributed by atoms with E-state index in [-0.39, 0.29) is 6.29 Å². The fraction of sp³-hybridized carbons (Fsp3) is 0.857. The molecule has 17 heavy (non-hydrogen) atoms. The van der Waals surface area contributed by atoms with E-state index in [4.69, 9.17) is 9.47 Å². The minimum absolute atomic E-state index is 0.0143. The molecule has 0 bridgehead atoms. The summed E-state index contributed by atoms with van der Waals surface area (Å²) in [4.78, 5) is 0. The first-order valence-electron chi connectivity index (χ1n) is 6.90. The van der Waals surface area contributed by atoms with Crippen molar-refractivity contribution in [3.63, 3.8) is 0 Å². The summed E-state index contributed by atoms with van der Waals surface area (Å²) in [6.07, 6.45) is 12.1. The zero-order chi connectivity index (χ0) is 12.3. The van der Waals surface area contributed by atoms with E-state index in [1.54, 1.807) is 0 Å². The summed E-state index contributed by atoms with van der Waals surface area (Å²) in [7, 11) is 0. The lowest BCUT2D eigenvalue weighted by atomic mass is 10.1. The Morgan fingerprint density at radius 1 is 1.35 bits per heavy atom. The number of hydrogen-bond donors (Lipinski definition) is 0. The maximum Gasteiger partial charge on any atom is 0.199 e. The molecule has 1 saturated heterocycles. The van der Waals surface area contributed by atoms with Crippen LogP contribution in [0.5, 0.6) is 0 Å². The Labute approximate surface area is 119 Å². The zero-order valence-corrected chi connectivity index (χ0v) is 13.1. The highest BCUT2D eigenvalue weighted by molar-refractivity contribution is 14.1. The number of ether oxygens (including phenoxy) is 2. The van der Waals surface area contributed by atoms with Crippen LogP contribution in [0, 0.1) is 0 Å². The molecule has 1 atom stereocenters. The van der Waals surface area contributed by atoms with Crippen molar-refractivity contribution in [1.29, 1.82) is 0 Å². The number of rotatable bonds is 8. The van der Waals surface area contributed by atoms with Crippen molar-refractivity contribution in [3.8, 4) is 0 Å². The molecule has 0 N–H and O–H groups in total. The van der Waals surface area contributed by atoms with Crippen molar-refractivity contribution in [1.82, 2.24) is 0 Å². The monoisotopic (exact) mass is 352 g/mol. The highest BCUT2D eigenvalue weighted by atomic mass is 127. The lowest BCUT2D eigenvalue weighted by Crippen LogP contribution is -2.22. The van der Waals surface area contributed by atoms with E-state index in [1.165, 1.54) is 38.5 Å². The SMILES string of the molecule is CCCCCCC=C(CI)OC1CCCCO1. The van der Waals surface area contributed by atoms with Crippen LogP contribution in [0.25, 0.3) is 0 Å². The van der Waals surface area contributed by atoms with Gasteiger partial charge in [-0.15, -0.1) is 0 Å². The van der Waals surface area contributed by atoms with E-state index >= 15 is 0 Å². The predicted octanol–water partition coefficient (Wildman–Crippen LogP) is 4.82. The van der Waals surface area contributed by atoms with Gasteiger partial charge in [0.25, 0.3) is 0 Å². The van der Waals surface area contributed by atoms with Gasteiger partial charge >= 0.3 is 0 Å². The van der Waals surface area contributed by atoms with Crippen LogP contribution in [0.3, 0.4) is 0 Å².